The molecule has 76 valence electrons. The lowest BCUT2D eigenvalue weighted by Gasteiger charge is -2.05. The molecule has 2 rings (SSSR count). The van der Waals surface area contributed by atoms with E-state index in [1.807, 2.05) is 25.1 Å². The normalized spacial score (nSPS) is 10.3. The Morgan fingerprint density at radius 1 is 1.40 bits per heavy atom. The lowest BCUT2D eigenvalue weighted by atomic mass is 10.1. The molecule has 2 aromatic rings. The van der Waals surface area contributed by atoms with Crippen molar-refractivity contribution in [3.05, 3.63) is 51.5 Å². The predicted octanol–water partition coefficient (Wildman–Crippen LogP) is 2.40. The van der Waals surface area contributed by atoms with Crippen molar-refractivity contribution in [2.45, 2.75) is 6.92 Å². The van der Waals surface area contributed by atoms with Crippen LogP contribution in [-0.4, -0.2) is 9.97 Å². The van der Waals surface area contributed by atoms with Gasteiger partial charge in [0.1, 0.15) is 0 Å². The molecular weight excluding hydrogens is 212 g/mol. The minimum Gasteiger partial charge on any atom is -0.313 e. The van der Waals surface area contributed by atoms with Gasteiger partial charge in [0.25, 0.3) is 5.56 Å². The van der Waals surface area contributed by atoms with Gasteiger partial charge in [-0.15, -0.1) is 0 Å². The van der Waals surface area contributed by atoms with Crippen LogP contribution in [-0.2, 0) is 0 Å². The highest BCUT2D eigenvalue weighted by atomic mass is 35.5. The molecule has 0 spiro atoms. The summed E-state index contributed by atoms with van der Waals surface area (Å²) in [5.41, 5.74) is 2.28. The number of nitrogens with zero attached hydrogens (tertiary/aromatic N) is 1. The summed E-state index contributed by atoms with van der Waals surface area (Å²) in [7, 11) is 0. The molecule has 3 nitrogen and oxygen atoms in total. The van der Waals surface area contributed by atoms with Gasteiger partial charge >= 0.3 is 0 Å². The minimum absolute atomic E-state index is 0.167. The Morgan fingerprint density at radius 3 is 2.93 bits per heavy atom. The van der Waals surface area contributed by atoms with Crippen LogP contribution in [0.15, 0.2) is 35.4 Å². The summed E-state index contributed by atoms with van der Waals surface area (Å²) in [6.45, 7) is 1.90. The van der Waals surface area contributed by atoms with Crippen LogP contribution in [0.5, 0.6) is 0 Å². The molecule has 0 amide bonds. The largest absolute Gasteiger partial charge is 0.313 e. The molecule has 0 unspecified atom stereocenters. The maximum Gasteiger partial charge on any atom is 0.251 e. The van der Waals surface area contributed by atoms with Gasteiger partial charge < -0.3 is 4.98 Å². The van der Waals surface area contributed by atoms with E-state index in [2.05, 4.69) is 9.97 Å². The Morgan fingerprint density at radius 2 is 2.20 bits per heavy atom. The molecule has 1 heterocycles. The van der Waals surface area contributed by atoms with E-state index in [1.54, 1.807) is 0 Å². The fraction of sp³-hybridized carbons (Fsp3) is 0.0909. The van der Waals surface area contributed by atoms with Crippen LogP contribution < -0.4 is 5.56 Å². The first-order chi connectivity index (χ1) is 7.18. The van der Waals surface area contributed by atoms with E-state index in [9.17, 15) is 4.79 Å². The van der Waals surface area contributed by atoms with Crippen LogP contribution >= 0.6 is 11.6 Å². The monoisotopic (exact) mass is 220 g/mol. The van der Waals surface area contributed by atoms with Gasteiger partial charge in [0.15, 0.2) is 0 Å². The molecule has 1 aromatic heterocycles. The Bertz CT molecular complexity index is 548. The number of benzene rings is 1. The van der Waals surface area contributed by atoms with E-state index in [0.717, 1.165) is 11.1 Å². The molecule has 1 N–H and O–H groups in total. The van der Waals surface area contributed by atoms with Gasteiger partial charge in [-0.2, -0.15) is 0 Å². The van der Waals surface area contributed by atoms with Crippen molar-refractivity contribution in [3.8, 4) is 11.3 Å². The predicted molar refractivity (Wildman–Crippen MR) is 60.0 cm³/mol. The summed E-state index contributed by atoms with van der Waals surface area (Å²) < 4.78 is 0. The van der Waals surface area contributed by atoms with Gasteiger partial charge in [0.2, 0.25) is 0 Å². The third-order valence-corrected chi connectivity index (χ3v) is 2.63. The number of aromatic amines is 1. The molecule has 0 bridgehead atoms. The summed E-state index contributed by atoms with van der Waals surface area (Å²) in [6.07, 6.45) is 1.39. The number of hydrogen-bond acceptors (Lipinski definition) is 2. The number of H-pyrrole nitrogens is 1. The summed E-state index contributed by atoms with van der Waals surface area (Å²) in [5, 5.41) is 0.676. The molecule has 0 saturated heterocycles. The average Bonchev–Trinajstić information content (AvgIpc) is 2.22. The first-order valence-electron chi connectivity index (χ1n) is 4.48. The second-order valence-corrected chi connectivity index (χ2v) is 3.62. The summed E-state index contributed by atoms with van der Waals surface area (Å²) in [6, 6.07) is 7.00. The van der Waals surface area contributed by atoms with E-state index >= 15 is 0 Å². The van der Waals surface area contributed by atoms with Crippen molar-refractivity contribution < 1.29 is 0 Å². The van der Waals surface area contributed by atoms with E-state index in [4.69, 9.17) is 11.6 Å². The van der Waals surface area contributed by atoms with Crippen LogP contribution in [0.2, 0.25) is 5.02 Å². The smallest absolute Gasteiger partial charge is 0.251 e. The number of aromatic nitrogens is 2. The first-order valence-corrected chi connectivity index (χ1v) is 4.86. The van der Waals surface area contributed by atoms with Gasteiger partial charge in [-0.3, -0.25) is 4.79 Å². The topological polar surface area (TPSA) is 45.8 Å². The summed E-state index contributed by atoms with van der Waals surface area (Å²) >= 11 is 5.99. The minimum atomic E-state index is -0.167. The number of halogens is 1. The fourth-order valence-electron chi connectivity index (χ4n) is 1.40. The quantitative estimate of drug-likeness (QED) is 0.802. The van der Waals surface area contributed by atoms with Gasteiger partial charge in [0.05, 0.1) is 12.0 Å². The van der Waals surface area contributed by atoms with E-state index in [1.165, 1.54) is 12.4 Å². The lowest BCUT2D eigenvalue weighted by Crippen LogP contribution is -2.04. The Labute approximate surface area is 91.8 Å². The van der Waals surface area contributed by atoms with Crippen LogP contribution in [0.3, 0.4) is 0 Å². The number of hydrogen-bond donors (Lipinski definition) is 1. The zero-order valence-corrected chi connectivity index (χ0v) is 8.88. The Hall–Kier alpha value is -1.61. The molecule has 0 aliphatic carbocycles. The Kier molecular flexibility index (Phi) is 2.56. The molecule has 0 aliphatic rings. The average molecular weight is 221 g/mol. The highest BCUT2D eigenvalue weighted by Gasteiger charge is 2.05. The van der Waals surface area contributed by atoms with Crippen molar-refractivity contribution >= 4 is 11.6 Å². The highest BCUT2D eigenvalue weighted by molar-refractivity contribution is 6.31. The van der Waals surface area contributed by atoms with Crippen molar-refractivity contribution in [2.24, 2.45) is 0 Å². The number of nitrogens with one attached hydrogen (secondary N) is 1. The van der Waals surface area contributed by atoms with Crippen molar-refractivity contribution in [1.82, 2.24) is 9.97 Å². The molecule has 15 heavy (non-hydrogen) atoms. The fourth-order valence-corrected chi connectivity index (χ4v) is 1.58. The second-order valence-electron chi connectivity index (χ2n) is 3.21. The molecule has 4 heteroatoms. The van der Waals surface area contributed by atoms with Gasteiger partial charge in [0, 0.05) is 16.7 Å². The SMILES string of the molecule is Cc1c(Cl)cccc1-c1cc(=O)[nH]cn1. The zero-order chi connectivity index (χ0) is 10.8. The molecular formula is C11H9ClN2O. The molecule has 0 atom stereocenters. The van der Waals surface area contributed by atoms with Crippen LogP contribution in [0.25, 0.3) is 11.3 Å². The maximum absolute atomic E-state index is 11.1. The molecule has 1 aromatic carbocycles. The maximum atomic E-state index is 11.1. The van der Waals surface area contributed by atoms with Gasteiger partial charge in [-0.05, 0) is 18.6 Å². The second kappa shape index (κ2) is 3.87. The highest BCUT2D eigenvalue weighted by Crippen LogP contribution is 2.25. The summed E-state index contributed by atoms with van der Waals surface area (Å²) in [5.74, 6) is 0. The molecule has 0 radical (unpaired) electrons. The molecule has 0 saturated carbocycles. The van der Waals surface area contributed by atoms with Crippen LogP contribution in [0.1, 0.15) is 5.56 Å². The van der Waals surface area contributed by atoms with Gasteiger partial charge in [-0.25, -0.2) is 4.98 Å². The van der Waals surface area contributed by atoms with Gasteiger partial charge in [-0.1, -0.05) is 23.7 Å². The number of rotatable bonds is 1. The molecule has 0 fully saturated rings. The standard InChI is InChI=1S/C11H9ClN2O/c1-7-8(3-2-4-9(7)12)10-5-11(15)14-6-13-10/h2-6H,1H3,(H,13,14,15). The Balaban J connectivity index is 2.64. The third-order valence-electron chi connectivity index (χ3n) is 2.22. The van der Waals surface area contributed by atoms with Crippen molar-refractivity contribution in [3.63, 3.8) is 0 Å². The van der Waals surface area contributed by atoms with Crippen LogP contribution in [0, 0.1) is 6.92 Å². The van der Waals surface area contributed by atoms with Crippen molar-refractivity contribution in [2.75, 3.05) is 0 Å². The van der Waals surface area contributed by atoms with E-state index < -0.39 is 0 Å². The van der Waals surface area contributed by atoms with E-state index in [0.29, 0.717) is 10.7 Å². The lowest BCUT2D eigenvalue weighted by molar-refractivity contribution is 1.12. The first kappa shape index (κ1) is 9.93. The molecule has 0 aliphatic heterocycles. The van der Waals surface area contributed by atoms with Crippen LogP contribution in [0.4, 0.5) is 0 Å². The van der Waals surface area contributed by atoms with E-state index in [-0.39, 0.29) is 5.56 Å². The summed E-state index contributed by atoms with van der Waals surface area (Å²) in [4.78, 5) is 17.7. The third kappa shape index (κ3) is 1.92. The zero-order valence-electron chi connectivity index (χ0n) is 8.12. The van der Waals surface area contributed by atoms with Crippen molar-refractivity contribution in [1.29, 1.82) is 0 Å².